The number of hydrogen-bond acceptors (Lipinski definition) is 10. The first-order valence-electron chi connectivity index (χ1n) is 10.2. The summed E-state index contributed by atoms with van der Waals surface area (Å²) in [4.78, 5) is 38.2. The van der Waals surface area contributed by atoms with Gasteiger partial charge in [-0.3, -0.25) is 4.79 Å². The summed E-state index contributed by atoms with van der Waals surface area (Å²) in [6.45, 7) is 7.14. The van der Waals surface area contributed by atoms with Gasteiger partial charge in [0.1, 0.15) is 12.2 Å². The van der Waals surface area contributed by atoms with Crippen molar-refractivity contribution in [2.75, 3.05) is 0 Å². The SMILES string of the molecule is C[C@@H]1C(=O)O[C@H]2[C@H](O)[C@]34[C@H]5C[C@H](C(C)(C)C)[C@]36[C@@H](OC(=O)[C@@H]6O)O[C@@]4(C(=O)O5)[C@@]12O. The van der Waals surface area contributed by atoms with Gasteiger partial charge in [0.25, 0.3) is 0 Å². The van der Waals surface area contributed by atoms with Crippen molar-refractivity contribution >= 4 is 17.9 Å². The molecule has 4 heterocycles. The molecule has 3 N–H and O–H groups in total. The Morgan fingerprint density at radius 2 is 1.70 bits per heavy atom. The molecule has 6 aliphatic rings. The minimum absolute atomic E-state index is 0.229. The normalized spacial score (nSPS) is 60.1. The molecule has 6 rings (SSSR count). The van der Waals surface area contributed by atoms with Crippen LogP contribution < -0.4 is 0 Å². The van der Waals surface area contributed by atoms with Gasteiger partial charge in [0, 0.05) is 0 Å². The third kappa shape index (κ3) is 1.33. The first kappa shape index (κ1) is 19.0. The van der Waals surface area contributed by atoms with Crippen molar-refractivity contribution in [3.63, 3.8) is 0 Å². The number of carbonyl (C=O) groups excluding carboxylic acids is 3. The smallest absolute Gasteiger partial charge is 0.343 e. The molecular weight excluding hydrogens is 400 g/mol. The minimum atomic E-state index is -2.24. The third-order valence-corrected chi connectivity index (χ3v) is 9.00. The monoisotopic (exact) mass is 424 g/mol. The number of aliphatic hydroxyl groups is 3. The first-order chi connectivity index (χ1) is 13.8. The highest BCUT2D eigenvalue weighted by Gasteiger charge is 3.03. The van der Waals surface area contributed by atoms with Gasteiger partial charge in [0.05, 0.1) is 16.7 Å². The van der Waals surface area contributed by atoms with Gasteiger partial charge in [-0.1, -0.05) is 20.8 Å². The van der Waals surface area contributed by atoms with Crippen LogP contribution in [0.15, 0.2) is 0 Å². The topological polar surface area (TPSA) is 149 Å². The molecule has 0 aromatic rings. The number of esters is 3. The van der Waals surface area contributed by atoms with E-state index in [1.807, 2.05) is 20.8 Å². The molecule has 0 bridgehead atoms. The summed E-state index contributed by atoms with van der Waals surface area (Å²) in [6.07, 6.45) is -6.91. The fraction of sp³-hybridized carbons (Fsp3) is 0.850. The van der Waals surface area contributed by atoms with Crippen LogP contribution in [-0.4, -0.2) is 75.1 Å². The number of carbonyl (C=O) groups is 3. The van der Waals surface area contributed by atoms with Crippen LogP contribution in [0.3, 0.4) is 0 Å². The summed E-state index contributed by atoms with van der Waals surface area (Å²) >= 11 is 0. The quantitative estimate of drug-likeness (QED) is 0.314. The maximum atomic E-state index is 13.4. The molecule has 10 heteroatoms. The molecule has 0 aromatic heterocycles. The van der Waals surface area contributed by atoms with Crippen molar-refractivity contribution < 1.29 is 48.7 Å². The van der Waals surface area contributed by atoms with Crippen LogP contribution in [0.1, 0.15) is 34.1 Å². The predicted molar refractivity (Wildman–Crippen MR) is 92.0 cm³/mol. The van der Waals surface area contributed by atoms with Crippen LogP contribution in [0, 0.1) is 28.1 Å². The second-order valence-electron chi connectivity index (χ2n) is 10.7. The molecule has 0 aromatic carbocycles. The molecule has 2 saturated carbocycles. The maximum absolute atomic E-state index is 13.4. The summed E-state index contributed by atoms with van der Waals surface area (Å²) in [7, 11) is 0. The number of ether oxygens (including phenoxy) is 4. The number of aliphatic hydroxyl groups excluding tert-OH is 2. The Hall–Kier alpha value is -1.75. The molecular formula is C20H24O10. The summed E-state index contributed by atoms with van der Waals surface area (Å²) in [5, 5.41) is 34.7. The molecule has 0 unspecified atom stereocenters. The lowest BCUT2D eigenvalue weighted by molar-refractivity contribution is -0.239. The maximum Gasteiger partial charge on any atom is 0.343 e. The summed E-state index contributed by atoms with van der Waals surface area (Å²) in [6, 6.07) is 0. The zero-order valence-corrected chi connectivity index (χ0v) is 16.9. The number of hydrogen-bond donors (Lipinski definition) is 3. The zero-order chi connectivity index (χ0) is 21.8. The standard InChI is InChI=1S/C20H24O10/c1-6-12(23)28-11-9(21)18-8-5-7(16(2,3)4)17(18)10(22)13(24)29-15(17)30-20(18,14(25)27-8)19(6,11)26/h6-11,15,21-22,26H,5H2,1-4H3/t6-,7-,8-,9+,10+,11+,15+,17+,18-,19-,20-/m1/s1. The van der Waals surface area contributed by atoms with Crippen LogP contribution in [0.2, 0.25) is 0 Å². The van der Waals surface area contributed by atoms with E-state index in [4.69, 9.17) is 18.9 Å². The first-order valence-corrected chi connectivity index (χ1v) is 10.2. The summed E-state index contributed by atoms with van der Waals surface area (Å²) in [5.41, 5.74) is -8.26. The van der Waals surface area contributed by atoms with Gasteiger partial charge in [-0.25, -0.2) is 9.59 Å². The van der Waals surface area contributed by atoms with Crippen molar-refractivity contribution in [1.82, 2.24) is 0 Å². The number of rotatable bonds is 0. The molecule has 4 saturated heterocycles. The molecule has 2 aliphatic carbocycles. The van der Waals surface area contributed by atoms with Crippen LogP contribution in [0.25, 0.3) is 0 Å². The minimum Gasteiger partial charge on any atom is -0.459 e. The van der Waals surface area contributed by atoms with Gasteiger partial charge in [-0.2, -0.15) is 0 Å². The van der Waals surface area contributed by atoms with E-state index in [9.17, 15) is 29.7 Å². The van der Waals surface area contributed by atoms with Crippen LogP contribution in [-0.2, 0) is 33.3 Å². The highest BCUT2D eigenvalue weighted by Crippen LogP contribution is 2.84. The van der Waals surface area contributed by atoms with E-state index in [0.717, 1.165) is 0 Å². The van der Waals surface area contributed by atoms with Crippen molar-refractivity contribution in [2.45, 2.75) is 76.0 Å². The van der Waals surface area contributed by atoms with Gasteiger partial charge in [-0.05, 0) is 24.7 Å². The Morgan fingerprint density at radius 1 is 1.03 bits per heavy atom. The van der Waals surface area contributed by atoms with E-state index in [2.05, 4.69) is 0 Å². The van der Waals surface area contributed by atoms with Gasteiger partial charge in [-0.15, -0.1) is 0 Å². The highest BCUT2D eigenvalue weighted by atomic mass is 16.8. The lowest BCUT2D eigenvalue weighted by Crippen LogP contribution is -2.67. The second-order valence-corrected chi connectivity index (χ2v) is 10.7. The van der Waals surface area contributed by atoms with Crippen molar-refractivity contribution in [3.05, 3.63) is 0 Å². The molecule has 0 radical (unpaired) electrons. The summed E-state index contributed by atoms with van der Waals surface area (Å²) < 4.78 is 22.5. The predicted octanol–water partition coefficient (Wildman–Crippen LogP) is -1.37. The highest BCUT2D eigenvalue weighted by molar-refractivity contribution is 5.94. The van der Waals surface area contributed by atoms with Gasteiger partial charge < -0.3 is 34.3 Å². The Balaban J connectivity index is 1.72. The van der Waals surface area contributed by atoms with E-state index >= 15 is 0 Å². The number of fused-ring (bicyclic) bond motifs is 1. The van der Waals surface area contributed by atoms with Gasteiger partial charge >= 0.3 is 17.9 Å². The second kappa shape index (κ2) is 4.69. The fourth-order valence-corrected chi connectivity index (χ4v) is 8.12. The summed E-state index contributed by atoms with van der Waals surface area (Å²) in [5.74, 6) is -4.32. The van der Waals surface area contributed by atoms with Crippen molar-refractivity contribution in [2.24, 2.45) is 28.1 Å². The largest absolute Gasteiger partial charge is 0.459 e. The van der Waals surface area contributed by atoms with Crippen LogP contribution in [0.4, 0.5) is 0 Å². The van der Waals surface area contributed by atoms with Crippen LogP contribution in [0.5, 0.6) is 0 Å². The Morgan fingerprint density at radius 3 is 2.33 bits per heavy atom. The van der Waals surface area contributed by atoms with Gasteiger partial charge in [0.2, 0.25) is 11.9 Å². The lowest BCUT2D eigenvalue weighted by atomic mass is 9.51. The molecule has 2 spiro atoms. The van der Waals surface area contributed by atoms with E-state index in [-0.39, 0.29) is 6.42 Å². The average Bonchev–Trinajstić information content (AvgIpc) is 3.35. The van der Waals surface area contributed by atoms with E-state index in [1.54, 1.807) is 0 Å². The Bertz CT molecular complexity index is 925. The molecule has 10 nitrogen and oxygen atoms in total. The van der Waals surface area contributed by atoms with Crippen molar-refractivity contribution in [1.29, 1.82) is 0 Å². The van der Waals surface area contributed by atoms with E-state index < -0.39 is 87.9 Å². The third-order valence-electron chi connectivity index (χ3n) is 9.00. The Kier molecular flexibility index (Phi) is 2.97. The average molecular weight is 424 g/mol. The van der Waals surface area contributed by atoms with Gasteiger partial charge in [0.15, 0.2) is 17.8 Å². The lowest BCUT2D eigenvalue weighted by Gasteiger charge is -2.47. The Labute approximate surface area is 171 Å². The fourth-order valence-electron chi connectivity index (χ4n) is 8.12. The molecule has 30 heavy (non-hydrogen) atoms. The van der Waals surface area contributed by atoms with Crippen LogP contribution >= 0.6 is 0 Å². The molecule has 0 amide bonds. The molecule has 4 aliphatic heterocycles. The van der Waals surface area contributed by atoms with E-state index in [0.29, 0.717) is 0 Å². The molecule has 164 valence electrons. The molecule has 11 atom stereocenters. The van der Waals surface area contributed by atoms with Crippen molar-refractivity contribution in [3.8, 4) is 0 Å². The zero-order valence-electron chi connectivity index (χ0n) is 16.9. The molecule has 6 fully saturated rings. The van der Waals surface area contributed by atoms with E-state index in [1.165, 1.54) is 6.92 Å².